The lowest BCUT2D eigenvalue weighted by atomic mass is 10.0. The van der Waals surface area contributed by atoms with Crippen molar-refractivity contribution in [2.45, 2.75) is 46.4 Å². The summed E-state index contributed by atoms with van der Waals surface area (Å²) in [6.07, 6.45) is 0. The van der Waals surface area contributed by atoms with Crippen LogP contribution in [0.1, 0.15) is 36.1 Å². The van der Waals surface area contributed by atoms with Gasteiger partial charge in [0, 0.05) is 6.54 Å². The lowest BCUT2D eigenvalue weighted by Crippen LogP contribution is -2.37. The molecule has 0 amide bonds. The van der Waals surface area contributed by atoms with E-state index >= 15 is 0 Å². The number of carbonyl (C=O) groups excluding carboxylic acids is 1. The van der Waals surface area contributed by atoms with Crippen LogP contribution in [0, 0.1) is 27.7 Å². The van der Waals surface area contributed by atoms with Crippen molar-refractivity contribution < 1.29 is 17.9 Å². The fourth-order valence-corrected chi connectivity index (χ4v) is 4.38. The molecule has 0 aromatic heterocycles. The van der Waals surface area contributed by atoms with Crippen LogP contribution in [-0.2, 0) is 19.6 Å². The number of benzene rings is 1. The van der Waals surface area contributed by atoms with Crippen molar-refractivity contribution in [1.82, 2.24) is 4.31 Å². The average Bonchev–Trinajstić information content (AvgIpc) is 2.42. The molecule has 0 atom stereocenters. The van der Waals surface area contributed by atoms with E-state index in [9.17, 15) is 13.2 Å². The predicted octanol–water partition coefficient (Wildman–Crippen LogP) is 2.49. The van der Waals surface area contributed by atoms with Crippen LogP contribution in [-0.4, -0.2) is 38.4 Å². The van der Waals surface area contributed by atoms with E-state index in [1.165, 1.54) is 4.31 Å². The van der Waals surface area contributed by atoms with Gasteiger partial charge in [-0.1, -0.05) is 13.0 Å². The van der Waals surface area contributed by atoms with Crippen LogP contribution in [0.3, 0.4) is 0 Å². The Morgan fingerprint density at radius 1 is 1.09 bits per heavy atom. The van der Waals surface area contributed by atoms with Gasteiger partial charge in [-0.25, -0.2) is 8.42 Å². The Bertz CT molecular complexity index is 639. The van der Waals surface area contributed by atoms with Gasteiger partial charge < -0.3 is 4.74 Å². The van der Waals surface area contributed by atoms with Crippen LogP contribution >= 0.6 is 0 Å². The monoisotopic (exact) mass is 327 g/mol. The number of rotatable bonds is 6. The predicted molar refractivity (Wildman–Crippen MR) is 86.5 cm³/mol. The Labute approximate surface area is 133 Å². The number of aryl methyl sites for hydroxylation is 2. The second kappa shape index (κ2) is 7.24. The van der Waals surface area contributed by atoms with Gasteiger partial charge in [0.25, 0.3) is 0 Å². The molecule has 22 heavy (non-hydrogen) atoms. The molecule has 0 heterocycles. The first-order chi connectivity index (χ1) is 10.2. The molecule has 6 heteroatoms. The quantitative estimate of drug-likeness (QED) is 0.753. The number of carbonyl (C=O) groups is 1. The van der Waals surface area contributed by atoms with Gasteiger partial charge in [-0.2, -0.15) is 4.31 Å². The van der Waals surface area contributed by atoms with Gasteiger partial charge in [-0.3, -0.25) is 4.79 Å². The van der Waals surface area contributed by atoms with Crippen molar-refractivity contribution in [2.75, 3.05) is 19.7 Å². The number of esters is 1. The molecule has 1 aromatic rings. The van der Waals surface area contributed by atoms with E-state index in [1.807, 2.05) is 19.9 Å². The fourth-order valence-electron chi connectivity index (χ4n) is 2.41. The van der Waals surface area contributed by atoms with Gasteiger partial charge >= 0.3 is 5.97 Å². The van der Waals surface area contributed by atoms with Crippen molar-refractivity contribution in [1.29, 1.82) is 0 Å². The maximum atomic E-state index is 13.0. The molecule has 1 aromatic carbocycles. The molecule has 0 bridgehead atoms. The zero-order chi connectivity index (χ0) is 17.1. The normalized spacial score (nSPS) is 11.8. The minimum absolute atomic E-state index is 0.215. The van der Waals surface area contributed by atoms with Gasteiger partial charge in [0.2, 0.25) is 10.0 Å². The van der Waals surface area contributed by atoms with Crippen LogP contribution in [0.5, 0.6) is 0 Å². The first-order valence-corrected chi connectivity index (χ1v) is 8.83. The summed E-state index contributed by atoms with van der Waals surface area (Å²) in [7, 11) is -3.74. The number of nitrogens with zero attached hydrogens (tertiary/aromatic N) is 1. The molecule has 0 saturated carbocycles. The largest absolute Gasteiger partial charge is 0.465 e. The van der Waals surface area contributed by atoms with Crippen LogP contribution in [0.2, 0.25) is 0 Å². The Balaban J connectivity index is 3.37. The Morgan fingerprint density at radius 3 is 2.00 bits per heavy atom. The lowest BCUT2D eigenvalue weighted by molar-refractivity contribution is -0.143. The third-order valence-electron chi connectivity index (χ3n) is 3.86. The van der Waals surface area contributed by atoms with Crippen molar-refractivity contribution in [3.63, 3.8) is 0 Å². The first-order valence-electron chi connectivity index (χ1n) is 7.39. The van der Waals surface area contributed by atoms with E-state index in [0.717, 1.165) is 22.3 Å². The van der Waals surface area contributed by atoms with E-state index in [0.29, 0.717) is 4.90 Å². The molecule has 0 spiro atoms. The Hall–Kier alpha value is -1.40. The summed E-state index contributed by atoms with van der Waals surface area (Å²) in [5.41, 5.74) is 3.30. The standard InChI is InChI=1S/C16H25NO4S/c1-7-17(10-15(18)21-8-2)22(19,20)16-13(5)11(3)9-12(4)14(16)6/h9H,7-8,10H2,1-6H3. The van der Waals surface area contributed by atoms with Crippen molar-refractivity contribution >= 4 is 16.0 Å². The van der Waals surface area contributed by atoms with E-state index in [4.69, 9.17) is 4.74 Å². The summed E-state index contributed by atoms with van der Waals surface area (Å²) in [6, 6.07) is 1.98. The highest BCUT2D eigenvalue weighted by atomic mass is 32.2. The summed E-state index contributed by atoms with van der Waals surface area (Å²) in [5, 5.41) is 0. The molecule has 0 aliphatic rings. The Kier molecular flexibility index (Phi) is 6.14. The summed E-state index contributed by atoms with van der Waals surface area (Å²) in [4.78, 5) is 12.0. The molecule has 0 aliphatic heterocycles. The zero-order valence-corrected chi connectivity index (χ0v) is 15.0. The topological polar surface area (TPSA) is 63.7 Å². The highest BCUT2D eigenvalue weighted by molar-refractivity contribution is 7.89. The van der Waals surface area contributed by atoms with Crippen molar-refractivity contribution in [2.24, 2.45) is 0 Å². The average molecular weight is 327 g/mol. The molecule has 0 saturated heterocycles. The smallest absolute Gasteiger partial charge is 0.321 e. The first kappa shape index (κ1) is 18.6. The maximum absolute atomic E-state index is 13.0. The van der Waals surface area contributed by atoms with Gasteiger partial charge in [0.05, 0.1) is 11.5 Å². The summed E-state index contributed by atoms with van der Waals surface area (Å²) in [6.45, 7) is 11.0. The molecule has 0 unspecified atom stereocenters. The zero-order valence-electron chi connectivity index (χ0n) is 14.2. The van der Waals surface area contributed by atoms with Gasteiger partial charge in [0.15, 0.2) is 0 Å². The van der Waals surface area contributed by atoms with Crippen LogP contribution in [0.4, 0.5) is 0 Å². The minimum Gasteiger partial charge on any atom is -0.465 e. The van der Waals surface area contributed by atoms with E-state index in [-0.39, 0.29) is 19.7 Å². The molecule has 124 valence electrons. The summed E-state index contributed by atoms with van der Waals surface area (Å²) < 4.78 is 32.0. The summed E-state index contributed by atoms with van der Waals surface area (Å²) in [5.74, 6) is -0.535. The van der Waals surface area contributed by atoms with Gasteiger partial charge in [-0.15, -0.1) is 0 Å². The van der Waals surface area contributed by atoms with E-state index in [1.54, 1.807) is 27.7 Å². The molecular weight excluding hydrogens is 302 g/mol. The lowest BCUT2D eigenvalue weighted by Gasteiger charge is -2.23. The maximum Gasteiger partial charge on any atom is 0.321 e. The number of sulfonamides is 1. The Morgan fingerprint density at radius 2 is 1.59 bits per heavy atom. The van der Waals surface area contributed by atoms with Crippen LogP contribution in [0.15, 0.2) is 11.0 Å². The van der Waals surface area contributed by atoms with Gasteiger partial charge in [-0.05, 0) is 56.9 Å². The molecule has 0 radical (unpaired) electrons. The molecular formula is C16H25NO4S. The van der Waals surface area contributed by atoms with Gasteiger partial charge in [0.1, 0.15) is 6.54 Å². The highest BCUT2D eigenvalue weighted by Gasteiger charge is 2.29. The summed E-state index contributed by atoms with van der Waals surface area (Å²) >= 11 is 0. The fraction of sp³-hybridized carbons (Fsp3) is 0.562. The number of ether oxygens (including phenoxy) is 1. The number of hydrogen-bond acceptors (Lipinski definition) is 4. The highest BCUT2D eigenvalue weighted by Crippen LogP contribution is 2.28. The second-order valence-corrected chi connectivity index (χ2v) is 7.20. The molecule has 0 aliphatic carbocycles. The van der Waals surface area contributed by atoms with Crippen LogP contribution < -0.4 is 0 Å². The third-order valence-corrected chi connectivity index (χ3v) is 6.05. The third kappa shape index (κ3) is 3.67. The number of likely N-dealkylation sites (N-methyl/N-ethyl adjacent to an activating group) is 1. The van der Waals surface area contributed by atoms with Crippen molar-refractivity contribution in [3.8, 4) is 0 Å². The molecule has 0 N–H and O–H groups in total. The van der Waals surface area contributed by atoms with Crippen molar-refractivity contribution in [3.05, 3.63) is 28.3 Å². The SMILES string of the molecule is CCOC(=O)CN(CC)S(=O)(=O)c1c(C)c(C)cc(C)c1C. The molecule has 1 rings (SSSR count). The van der Waals surface area contributed by atoms with Crippen LogP contribution in [0.25, 0.3) is 0 Å². The second-order valence-electron chi connectivity index (χ2n) is 5.33. The van der Waals surface area contributed by atoms with E-state index in [2.05, 4.69) is 0 Å². The molecule has 5 nitrogen and oxygen atoms in total. The number of hydrogen-bond donors (Lipinski definition) is 0. The molecule has 0 fully saturated rings. The minimum atomic E-state index is -3.74. The van der Waals surface area contributed by atoms with E-state index < -0.39 is 16.0 Å².